The standard InChI is InChI=1S/C12H17N3O4/c1-8-3-4-9(6-13-8)15-11(18)14-7-12(2,19)5-10(16)17/h3-4,6,19H,5,7H2,1-2H3,(H,16,17)(H2,14,15,18). The largest absolute Gasteiger partial charge is 0.481 e. The van der Waals surface area contributed by atoms with Crippen LogP contribution in [0.1, 0.15) is 19.0 Å². The summed E-state index contributed by atoms with van der Waals surface area (Å²) in [5.41, 5.74) is -0.148. The van der Waals surface area contributed by atoms with Crippen LogP contribution in [0.3, 0.4) is 0 Å². The Labute approximate surface area is 110 Å². The number of aromatic nitrogens is 1. The van der Waals surface area contributed by atoms with Crippen LogP contribution in [0.2, 0.25) is 0 Å². The molecule has 0 aromatic carbocycles. The number of aliphatic carboxylic acids is 1. The first-order chi connectivity index (χ1) is 8.78. The third-order valence-corrected chi connectivity index (χ3v) is 2.33. The van der Waals surface area contributed by atoms with E-state index in [2.05, 4.69) is 15.6 Å². The van der Waals surface area contributed by atoms with Crippen LogP contribution in [-0.2, 0) is 4.79 Å². The van der Waals surface area contributed by atoms with Crippen molar-refractivity contribution in [2.75, 3.05) is 11.9 Å². The van der Waals surface area contributed by atoms with Crippen LogP contribution in [-0.4, -0.2) is 39.3 Å². The molecule has 19 heavy (non-hydrogen) atoms. The molecular formula is C12H17N3O4. The van der Waals surface area contributed by atoms with Gasteiger partial charge < -0.3 is 20.8 Å². The summed E-state index contributed by atoms with van der Waals surface area (Å²) >= 11 is 0. The van der Waals surface area contributed by atoms with E-state index in [4.69, 9.17) is 5.11 Å². The molecule has 1 unspecified atom stereocenters. The first-order valence-electron chi connectivity index (χ1n) is 5.70. The van der Waals surface area contributed by atoms with Crippen LogP contribution in [0.15, 0.2) is 18.3 Å². The van der Waals surface area contributed by atoms with Gasteiger partial charge in [0.05, 0.1) is 23.9 Å². The van der Waals surface area contributed by atoms with Gasteiger partial charge in [0, 0.05) is 12.2 Å². The maximum atomic E-state index is 11.5. The monoisotopic (exact) mass is 267 g/mol. The first kappa shape index (κ1) is 14.9. The van der Waals surface area contributed by atoms with Crippen molar-refractivity contribution in [1.82, 2.24) is 10.3 Å². The first-order valence-corrected chi connectivity index (χ1v) is 5.70. The van der Waals surface area contributed by atoms with E-state index in [1.165, 1.54) is 13.1 Å². The third-order valence-electron chi connectivity index (χ3n) is 2.33. The van der Waals surface area contributed by atoms with Crippen molar-refractivity contribution in [3.05, 3.63) is 24.0 Å². The number of rotatable bonds is 5. The van der Waals surface area contributed by atoms with Gasteiger partial charge in [0.25, 0.3) is 0 Å². The smallest absolute Gasteiger partial charge is 0.319 e. The highest BCUT2D eigenvalue weighted by Gasteiger charge is 2.24. The molecule has 1 rings (SSSR count). The number of nitrogens with one attached hydrogen (secondary N) is 2. The van der Waals surface area contributed by atoms with Crippen LogP contribution >= 0.6 is 0 Å². The van der Waals surface area contributed by atoms with E-state index in [1.807, 2.05) is 6.92 Å². The van der Waals surface area contributed by atoms with Crippen LogP contribution < -0.4 is 10.6 Å². The average molecular weight is 267 g/mol. The van der Waals surface area contributed by atoms with Crippen LogP contribution in [0.4, 0.5) is 10.5 Å². The second-order valence-corrected chi connectivity index (χ2v) is 4.56. The summed E-state index contributed by atoms with van der Waals surface area (Å²) in [6.45, 7) is 3.01. The predicted octanol–water partition coefficient (Wildman–Crippen LogP) is 0.737. The molecule has 2 amide bonds. The molecule has 1 atom stereocenters. The lowest BCUT2D eigenvalue weighted by molar-refractivity contribution is -0.141. The Balaban J connectivity index is 2.43. The van der Waals surface area contributed by atoms with Gasteiger partial charge in [0.1, 0.15) is 0 Å². The number of carboxylic acids is 1. The summed E-state index contributed by atoms with van der Waals surface area (Å²) in [5.74, 6) is -1.13. The van der Waals surface area contributed by atoms with Crippen molar-refractivity contribution >= 4 is 17.7 Å². The number of hydrogen-bond acceptors (Lipinski definition) is 4. The van der Waals surface area contributed by atoms with Crippen LogP contribution in [0.25, 0.3) is 0 Å². The average Bonchev–Trinajstić information content (AvgIpc) is 2.28. The van der Waals surface area contributed by atoms with Gasteiger partial charge in [-0.05, 0) is 26.0 Å². The second-order valence-electron chi connectivity index (χ2n) is 4.56. The minimum Gasteiger partial charge on any atom is -0.481 e. The van der Waals surface area contributed by atoms with Gasteiger partial charge in [0.15, 0.2) is 0 Å². The third kappa shape index (κ3) is 5.82. The number of anilines is 1. The topological polar surface area (TPSA) is 112 Å². The van der Waals surface area contributed by atoms with Gasteiger partial charge in [-0.3, -0.25) is 9.78 Å². The molecule has 1 aromatic rings. The number of carboxylic acid groups (broad SMARTS) is 1. The van der Waals surface area contributed by atoms with E-state index in [9.17, 15) is 14.7 Å². The van der Waals surface area contributed by atoms with Crippen LogP contribution in [0, 0.1) is 6.92 Å². The van der Waals surface area contributed by atoms with Gasteiger partial charge in [-0.15, -0.1) is 0 Å². The minimum absolute atomic E-state index is 0.162. The molecule has 0 aliphatic heterocycles. The van der Waals surface area contributed by atoms with Crippen molar-refractivity contribution in [2.45, 2.75) is 25.9 Å². The molecule has 0 bridgehead atoms. The number of urea groups is 1. The number of carbonyl (C=O) groups excluding carboxylic acids is 1. The molecule has 0 radical (unpaired) electrons. The van der Waals surface area contributed by atoms with Gasteiger partial charge in [-0.2, -0.15) is 0 Å². The van der Waals surface area contributed by atoms with Gasteiger partial charge in [-0.25, -0.2) is 4.79 Å². The highest BCUT2D eigenvalue weighted by molar-refractivity contribution is 5.89. The summed E-state index contributed by atoms with van der Waals surface area (Å²) in [5, 5.41) is 23.2. The zero-order chi connectivity index (χ0) is 14.5. The fraction of sp³-hybridized carbons (Fsp3) is 0.417. The quantitative estimate of drug-likeness (QED) is 0.628. The molecule has 0 aliphatic rings. The lowest BCUT2D eigenvalue weighted by Gasteiger charge is -2.21. The summed E-state index contributed by atoms with van der Waals surface area (Å²) in [6, 6.07) is 2.91. The molecule has 0 saturated heterocycles. The number of hydrogen-bond donors (Lipinski definition) is 4. The van der Waals surface area contributed by atoms with Crippen LogP contribution in [0.5, 0.6) is 0 Å². The Bertz CT molecular complexity index is 457. The number of aryl methyl sites for hydroxylation is 1. The lowest BCUT2D eigenvalue weighted by Crippen LogP contribution is -2.43. The maximum absolute atomic E-state index is 11.5. The fourth-order valence-electron chi connectivity index (χ4n) is 1.38. The molecule has 4 N–H and O–H groups in total. The van der Waals surface area contributed by atoms with Crippen molar-refractivity contribution < 1.29 is 19.8 Å². The summed E-state index contributed by atoms with van der Waals surface area (Å²) in [6.07, 6.45) is 1.06. The normalized spacial score (nSPS) is 13.4. The van der Waals surface area contributed by atoms with Gasteiger partial charge >= 0.3 is 12.0 Å². The number of nitrogens with zero attached hydrogens (tertiary/aromatic N) is 1. The van der Waals surface area contributed by atoms with Crippen molar-refractivity contribution in [1.29, 1.82) is 0 Å². The van der Waals surface area contributed by atoms with Gasteiger partial charge in [-0.1, -0.05) is 0 Å². The summed E-state index contributed by atoms with van der Waals surface area (Å²) in [4.78, 5) is 26.0. The van der Waals surface area contributed by atoms with Gasteiger partial charge in [0.2, 0.25) is 0 Å². The Hall–Kier alpha value is -2.15. The number of pyridine rings is 1. The Kier molecular flexibility index (Phi) is 4.82. The van der Waals surface area contributed by atoms with E-state index >= 15 is 0 Å². The second kappa shape index (κ2) is 6.14. The number of aliphatic hydroxyl groups is 1. The molecular weight excluding hydrogens is 250 g/mol. The molecule has 1 heterocycles. The Morgan fingerprint density at radius 2 is 2.11 bits per heavy atom. The number of amides is 2. The van der Waals surface area contributed by atoms with E-state index in [1.54, 1.807) is 12.1 Å². The minimum atomic E-state index is -1.49. The molecule has 7 nitrogen and oxygen atoms in total. The molecule has 7 heteroatoms. The Morgan fingerprint density at radius 3 is 2.63 bits per heavy atom. The highest BCUT2D eigenvalue weighted by Crippen LogP contribution is 2.08. The summed E-state index contributed by atoms with van der Waals surface area (Å²) in [7, 11) is 0. The molecule has 0 saturated carbocycles. The Morgan fingerprint density at radius 1 is 1.42 bits per heavy atom. The molecule has 104 valence electrons. The van der Waals surface area contributed by atoms with Crippen molar-refractivity contribution in [2.24, 2.45) is 0 Å². The van der Waals surface area contributed by atoms with E-state index in [-0.39, 0.29) is 6.54 Å². The van der Waals surface area contributed by atoms with E-state index < -0.39 is 24.0 Å². The zero-order valence-corrected chi connectivity index (χ0v) is 10.8. The predicted molar refractivity (Wildman–Crippen MR) is 68.9 cm³/mol. The van der Waals surface area contributed by atoms with Crippen molar-refractivity contribution in [3.63, 3.8) is 0 Å². The molecule has 0 fully saturated rings. The van der Waals surface area contributed by atoms with E-state index in [0.29, 0.717) is 5.69 Å². The highest BCUT2D eigenvalue weighted by atomic mass is 16.4. The van der Waals surface area contributed by atoms with Crippen molar-refractivity contribution in [3.8, 4) is 0 Å². The number of carbonyl (C=O) groups is 2. The SMILES string of the molecule is Cc1ccc(NC(=O)NCC(C)(O)CC(=O)O)cn1. The molecule has 1 aromatic heterocycles. The van der Waals surface area contributed by atoms with E-state index in [0.717, 1.165) is 5.69 Å². The zero-order valence-electron chi connectivity index (χ0n) is 10.8. The molecule has 0 spiro atoms. The molecule has 0 aliphatic carbocycles. The fourth-order valence-corrected chi connectivity index (χ4v) is 1.38. The summed E-state index contributed by atoms with van der Waals surface area (Å²) < 4.78 is 0. The maximum Gasteiger partial charge on any atom is 0.319 e. The lowest BCUT2D eigenvalue weighted by atomic mass is 10.0.